The number of rotatable bonds is 5. The smallest absolute Gasteiger partial charge is 0.164 e. The first-order chi connectivity index (χ1) is 11.5. The number of fused-ring (bicyclic) bond motifs is 3. The molecule has 0 amide bonds. The molecule has 0 saturated heterocycles. The molecule has 3 rings (SSSR count). The molecule has 2 aliphatic rings. The molecule has 1 aromatic carbocycles. The fraction of sp³-hybridized carbons (Fsp3) is 0.619. The zero-order valence-electron chi connectivity index (χ0n) is 15.8. The normalized spacial score (nSPS) is 28.4. The summed E-state index contributed by atoms with van der Waals surface area (Å²) in [6.45, 7) is 3.50. The van der Waals surface area contributed by atoms with Gasteiger partial charge in [0.2, 0.25) is 0 Å². The van der Waals surface area contributed by atoms with Crippen LogP contribution in [0.1, 0.15) is 37.3 Å². The molecule has 3 unspecified atom stereocenters. The Kier molecular flexibility index (Phi) is 4.91. The van der Waals surface area contributed by atoms with Crippen molar-refractivity contribution in [3.63, 3.8) is 0 Å². The molecule has 24 heavy (non-hydrogen) atoms. The van der Waals surface area contributed by atoms with Crippen LogP contribution in [0.2, 0.25) is 0 Å². The van der Waals surface area contributed by atoms with Gasteiger partial charge in [-0.05, 0) is 69.8 Å². The second-order valence-electron chi connectivity index (χ2n) is 7.72. The quantitative estimate of drug-likeness (QED) is 0.761. The first-order valence-electron chi connectivity index (χ1n) is 9.09. The van der Waals surface area contributed by atoms with Crippen molar-refractivity contribution in [1.29, 1.82) is 0 Å². The average molecular weight is 329 g/mol. The summed E-state index contributed by atoms with van der Waals surface area (Å²) in [7, 11) is 7.85. The molecule has 1 aromatic rings. The Bertz CT molecular complexity index is 623. The van der Waals surface area contributed by atoms with Gasteiger partial charge in [-0.1, -0.05) is 25.1 Å². The molecule has 0 radical (unpaired) electrons. The molecule has 132 valence electrons. The van der Waals surface area contributed by atoms with Crippen molar-refractivity contribution >= 4 is 0 Å². The maximum absolute atomic E-state index is 5.89. The first kappa shape index (κ1) is 17.3. The van der Waals surface area contributed by atoms with Gasteiger partial charge < -0.3 is 14.4 Å². The Hall–Kier alpha value is -1.48. The minimum Gasteiger partial charge on any atom is -0.493 e. The van der Waals surface area contributed by atoms with Gasteiger partial charge in [0.25, 0.3) is 0 Å². The Labute approximate surface area is 146 Å². The summed E-state index contributed by atoms with van der Waals surface area (Å²) in [4.78, 5) is 2.30. The summed E-state index contributed by atoms with van der Waals surface area (Å²) in [5.74, 6) is 3.07. The first-order valence-corrected chi connectivity index (χ1v) is 9.09. The van der Waals surface area contributed by atoms with E-state index in [2.05, 4.69) is 50.2 Å². The summed E-state index contributed by atoms with van der Waals surface area (Å²) in [6, 6.07) is 4.34. The van der Waals surface area contributed by atoms with Crippen LogP contribution in [-0.2, 0) is 11.8 Å². The van der Waals surface area contributed by atoms with Gasteiger partial charge in [-0.2, -0.15) is 0 Å². The van der Waals surface area contributed by atoms with E-state index in [0.29, 0.717) is 11.8 Å². The van der Waals surface area contributed by atoms with Crippen molar-refractivity contribution in [3.8, 4) is 11.5 Å². The minimum absolute atomic E-state index is 0.159. The zero-order valence-corrected chi connectivity index (χ0v) is 15.8. The van der Waals surface area contributed by atoms with Gasteiger partial charge >= 0.3 is 0 Å². The lowest BCUT2D eigenvalue weighted by Gasteiger charge is -2.50. The summed E-state index contributed by atoms with van der Waals surface area (Å²) < 4.78 is 11.5. The monoisotopic (exact) mass is 329 g/mol. The molecule has 0 bridgehead atoms. The van der Waals surface area contributed by atoms with E-state index >= 15 is 0 Å². The fourth-order valence-electron chi connectivity index (χ4n) is 4.96. The van der Waals surface area contributed by atoms with Gasteiger partial charge in [0.1, 0.15) is 0 Å². The Morgan fingerprint density at radius 1 is 1.21 bits per heavy atom. The average Bonchev–Trinajstić information content (AvgIpc) is 2.59. The topological polar surface area (TPSA) is 21.7 Å². The van der Waals surface area contributed by atoms with E-state index in [1.807, 2.05) is 0 Å². The summed E-state index contributed by atoms with van der Waals surface area (Å²) in [6.07, 6.45) is 9.49. The van der Waals surface area contributed by atoms with Crippen LogP contribution in [0, 0.1) is 11.8 Å². The predicted octanol–water partition coefficient (Wildman–Crippen LogP) is 4.05. The molecular formula is C21H31NO2. The molecule has 0 aromatic heterocycles. The molecule has 2 aliphatic carbocycles. The zero-order chi connectivity index (χ0) is 17.3. The molecule has 3 nitrogen and oxygen atoms in total. The van der Waals surface area contributed by atoms with Gasteiger partial charge in [-0.3, -0.25) is 0 Å². The highest BCUT2D eigenvalue weighted by atomic mass is 16.5. The van der Waals surface area contributed by atoms with Gasteiger partial charge in [-0.25, -0.2) is 0 Å². The number of allylic oxidation sites excluding steroid dienone is 2. The van der Waals surface area contributed by atoms with Crippen LogP contribution in [-0.4, -0.2) is 39.8 Å². The van der Waals surface area contributed by atoms with Crippen LogP contribution in [0.5, 0.6) is 11.5 Å². The van der Waals surface area contributed by atoms with Crippen LogP contribution >= 0.6 is 0 Å². The van der Waals surface area contributed by atoms with E-state index in [1.165, 1.54) is 17.5 Å². The molecule has 3 heteroatoms. The number of methoxy groups -OCH3 is 2. The van der Waals surface area contributed by atoms with E-state index in [1.54, 1.807) is 14.2 Å². The van der Waals surface area contributed by atoms with Gasteiger partial charge in [0.05, 0.1) is 14.2 Å². The van der Waals surface area contributed by atoms with Crippen LogP contribution in [0.4, 0.5) is 0 Å². The van der Waals surface area contributed by atoms with Gasteiger partial charge in [0, 0.05) is 11.0 Å². The summed E-state index contributed by atoms with van der Waals surface area (Å²) in [5, 5.41) is 0. The molecule has 0 aliphatic heterocycles. The van der Waals surface area contributed by atoms with Gasteiger partial charge in [-0.15, -0.1) is 0 Å². The molecule has 0 N–H and O–H groups in total. The number of benzene rings is 1. The second kappa shape index (κ2) is 6.79. The molecule has 0 fully saturated rings. The Morgan fingerprint density at radius 3 is 2.67 bits per heavy atom. The predicted molar refractivity (Wildman–Crippen MR) is 99.1 cm³/mol. The van der Waals surface area contributed by atoms with Crippen LogP contribution < -0.4 is 9.47 Å². The highest BCUT2D eigenvalue weighted by Gasteiger charge is 2.48. The highest BCUT2D eigenvalue weighted by Crippen LogP contribution is 2.56. The van der Waals surface area contributed by atoms with E-state index in [4.69, 9.17) is 9.47 Å². The van der Waals surface area contributed by atoms with Crippen molar-refractivity contribution in [2.75, 3.05) is 34.9 Å². The van der Waals surface area contributed by atoms with Crippen LogP contribution in [0.3, 0.4) is 0 Å². The maximum atomic E-state index is 5.89. The molecule has 0 saturated carbocycles. The van der Waals surface area contributed by atoms with Crippen molar-refractivity contribution in [2.45, 2.75) is 38.0 Å². The van der Waals surface area contributed by atoms with Crippen molar-refractivity contribution in [3.05, 3.63) is 35.4 Å². The SMILES string of the molecule is COc1ccc2c(c1OC)C1(CCN(C)C)CCC=CC1C(C)C2. The van der Waals surface area contributed by atoms with Gasteiger partial charge in [0.15, 0.2) is 11.5 Å². The largest absolute Gasteiger partial charge is 0.493 e. The number of ether oxygens (including phenoxy) is 2. The summed E-state index contributed by atoms with van der Waals surface area (Å²) in [5.41, 5.74) is 3.02. The van der Waals surface area contributed by atoms with Crippen LogP contribution in [0.25, 0.3) is 0 Å². The van der Waals surface area contributed by atoms with E-state index in [0.717, 1.165) is 37.3 Å². The number of nitrogens with zero attached hydrogens (tertiary/aromatic N) is 1. The lowest BCUT2D eigenvalue weighted by atomic mass is 9.54. The third kappa shape index (κ3) is 2.73. The molecular weight excluding hydrogens is 298 g/mol. The molecule has 0 spiro atoms. The Balaban J connectivity index is 2.20. The van der Waals surface area contributed by atoms with Crippen LogP contribution in [0.15, 0.2) is 24.3 Å². The third-order valence-electron chi connectivity index (χ3n) is 6.03. The lowest BCUT2D eigenvalue weighted by molar-refractivity contribution is 0.160. The molecule has 0 heterocycles. The van der Waals surface area contributed by atoms with Crippen molar-refractivity contribution in [2.24, 2.45) is 11.8 Å². The Morgan fingerprint density at radius 2 is 2.00 bits per heavy atom. The van der Waals surface area contributed by atoms with Crippen molar-refractivity contribution in [1.82, 2.24) is 4.90 Å². The third-order valence-corrected chi connectivity index (χ3v) is 6.03. The molecule has 3 atom stereocenters. The minimum atomic E-state index is 0.159. The van der Waals surface area contributed by atoms with E-state index in [9.17, 15) is 0 Å². The second-order valence-corrected chi connectivity index (χ2v) is 7.72. The van der Waals surface area contributed by atoms with E-state index in [-0.39, 0.29) is 5.41 Å². The highest BCUT2D eigenvalue weighted by molar-refractivity contribution is 5.57. The number of hydrogen-bond acceptors (Lipinski definition) is 3. The maximum Gasteiger partial charge on any atom is 0.164 e. The number of hydrogen-bond donors (Lipinski definition) is 0. The standard InChI is InChI=1S/C21H31NO2/c1-15-14-16-9-10-18(23-4)20(24-5)19(16)21(12-13-22(2)3)11-7-6-8-17(15)21/h6,8-10,15,17H,7,11-14H2,1-5H3. The summed E-state index contributed by atoms with van der Waals surface area (Å²) >= 11 is 0. The van der Waals surface area contributed by atoms with Crippen molar-refractivity contribution < 1.29 is 9.47 Å². The van der Waals surface area contributed by atoms with E-state index < -0.39 is 0 Å². The fourth-order valence-corrected chi connectivity index (χ4v) is 4.96. The lowest BCUT2D eigenvalue weighted by Crippen LogP contribution is -2.46.